The lowest BCUT2D eigenvalue weighted by molar-refractivity contribution is -0.117. The zero-order valence-corrected chi connectivity index (χ0v) is 17.9. The largest absolute Gasteiger partial charge is 0.465 e. The molecule has 3 aromatic rings. The molecule has 3 rings (SSSR count). The van der Waals surface area contributed by atoms with Gasteiger partial charge in [-0.15, -0.1) is 0 Å². The summed E-state index contributed by atoms with van der Waals surface area (Å²) in [6.45, 7) is 5.63. The lowest BCUT2D eigenvalue weighted by atomic mass is 9.84. The molecule has 152 valence electrons. The van der Waals surface area contributed by atoms with Crippen LogP contribution in [0.25, 0.3) is 22.2 Å². The topological polar surface area (TPSA) is 120 Å². The van der Waals surface area contributed by atoms with E-state index in [1.165, 1.54) is 0 Å². The van der Waals surface area contributed by atoms with Crippen molar-refractivity contribution in [1.29, 1.82) is 0 Å². The highest BCUT2D eigenvalue weighted by molar-refractivity contribution is 9.10. The van der Waals surface area contributed by atoms with Crippen LogP contribution in [-0.2, 0) is 4.79 Å². The van der Waals surface area contributed by atoms with Gasteiger partial charge < -0.3 is 20.7 Å². The number of fused-ring (bicyclic) bond motifs is 1. The molecule has 8 nitrogen and oxygen atoms in total. The highest BCUT2D eigenvalue weighted by Crippen LogP contribution is 2.27. The molecular formula is C20H22BrN5O3. The molecule has 0 saturated carbocycles. The van der Waals surface area contributed by atoms with Crippen LogP contribution in [0.5, 0.6) is 0 Å². The molecule has 0 saturated heterocycles. The molecule has 0 fully saturated rings. The molecule has 3 aromatic heterocycles. The number of nitrogens with zero attached hydrogens (tertiary/aromatic N) is 2. The van der Waals surface area contributed by atoms with Crippen LogP contribution in [0.3, 0.4) is 0 Å². The first-order valence-corrected chi connectivity index (χ1v) is 9.81. The molecule has 0 aliphatic carbocycles. The van der Waals surface area contributed by atoms with Crippen molar-refractivity contribution >= 4 is 44.8 Å². The summed E-state index contributed by atoms with van der Waals surface area (Å²) in [5, 5.41) is 15.1. The second kappa shape index (κ2) is 8.20. The number of rotatable bonds is 5. The Morgan fingerprint density at radius 1 is 1.21 bits per heavy atom. The Morgan fingerprint density at radius 3 is 2.55 bits per heavy atom. The average Bonchev–Trinajstić information content (AvgIpc) is 3.01. The third-order valence-corrected chi connectivity index (χ3v) is 5.23. The van der Waals surface area contributed by atoms with E-state index in [0.29, 0.717) is 5.82 Å². The first kappa shape index (κ1) is 20.8. The number of halogens is 1. The van der Waals surface area contributed by atoms with E-state index in [1.54, 1.807) is 18.5 Å². The number of anilines is 1. The molecule has 0 bridgehead atoms. The molecule has 2 amide bonds. The highest BCUT2D eigenvalue weighted by Gasteiger charge is 2.28. The van der Waals surface area contributed by atoms with Crippen LogP contribution in [0.15, 0.2) is 41.3 Å². The van der Waals surface area contributed by atoms with E-state index in [9.17, 15) is 9.59 Å². The van der Waals surface area contributed by atoms with Crippen molar-refractivity contribution in [2.24, 2.45) is 5.41 Å². The van der Waals surface area contributed by atoms with Gasteiger partial charge in [0, 0.05) is 52.0 Å². The molecule has 29 heavy (non-hydrogen) atoms. The number of pyridine rings is 2. The Labute approximate surface area is 176 Å². The molecule has 0 spiro atoms. The Morgan fingerprint density at radius 2 is 1.93 bits per heavy atom. The maximum atomic E-state index is 12.4. The predicted molar refractivity (Wildman–Crippen MR) is 115 cm³/mol. The van der Waals surface area contributed by atoms with E-state index < -0.39 is 17.6 Å². The molecule has 1 unspecified atom stereocenters. The summed E-state index contributed by atoms with van der Waals surface area (Å²) in [7, 11) is 0. The van der Waals surface area contributed by atoms with Crippen LogP contribution in [-0.4, -0.2) is 38.1 Å². The molecular weight excluding hydrogens is 438 g/mol. The first-order valence-electron chi connectivity index (χ1n) is 9.02. The standard InChI is InChI=1S/C20H22BrN5O3/c1-20(2,3)15(25-19(28)29)7-17(27)26-16-5-4-11(8-22-16)12-6-13-14(21)10-24-18(13)23-9-12/h4-6,8-10,15,25H,7H2,1-3H3,(H,23,24)(H,28,29)(H,22,26,27). The van der Waals surface area contributed by atoms with E-state index in [-0.39, 0.29) is 12.3 Å². The van der Waals surface area contributed by atoms with Gasteiger partial charge in [0.2, 0.25) is 5.91 Å². The van der Waals surface area contributed by atoms with E-state index in [0.717, 1.165) is 26.6 Å². The van der Waals surface area contributed by atoms with Crippen molar-refractivity contribution in [2.45, 2.75) is 33.2 Å². The second-order valence-corrected chi connectivity index (χ2v) is 8.66. The normalized spacial score (nSPS) is 12.6. The van der Waals surface area contributed by atoms with Gasteiger partial charge in [-0.1, -0.05) is 20.8 Å². The monoisotopic (exact) mass is 459 g/mol. The SMILES string of the molecule is CC(C)(C)C(CC(=O)Nc1ccc(-c2cnc3[nH]cc(Br)c3c2)cn1)NC(=O)O. The van der Waals surface area contributed by atoms with E-state index in [2.05, 4.69) is 41.5 Å². The van der Waals surface area contributed by atoms with Crippen molar-refractivity contribution in [3.8, 4) is 11.1 Å². The Balaban J connectivity index is 1.70. The number of carbonyl (C=O) groups is 2. The maximum absolute atomic E-state index is 12.4. The van der Waals surface area contributed by atoms with Crippen molar-refractivity contribution in [3.63, 3.8) is 0 Å². The van der Waals surface area contributed by atoms with Crippen molar-refractivity contribution in [2.75, 3.05) is 5.32 Å². The van der Waals surface area contributed by atoms with Gasteiger partial charge in [-0.2, -0.15) is 0 Å². The quantitative estimate of drug-likeness (QED) is 0.450. The van der Waals surface area contributed by atoms with Gasteiger partial charge in [0.05, 0.1) is 0 Å². The van der Waals surface area contributed by atoms with Crippen LogP contribution >= 0.6 is 15.9 Å². The molecule has 0 radical (unpaired) electrons. The fraction of sp³-hybridized carbons (Fsp3) is 0.300. The minimum Gasteiger partial charge on any atom is -0.465 e. The molecule has 3 heterocycles. The molecule has 9 heteroatoms. The number of carboxylic acid groups (broad SMARTS) is 1. The average molecular weight is 460 g/mol. The number of aromatic nitrogens is 3. The fourth-order valence-corrected chi connectivity index (χ4v) is 3.29. The molecule has 4 N–H and O–H groups in total. The van der Waals surface area contributed by atoms with Gasteiger partial charge in [-0.3, -0.25) is 4.79 Å². The molecule has 0 aliphatic heterocycles. The summed E-state index contributed by atoms with van der Waals surface area (Å²) in [6, 6.07) is 5.05. The number of carbonyl (C=O) groups excluding carboxylic acids is 1. The Bertz CT molecular complexity index is 1040. The summed E-state index contributed by atoms with van der Waals surface area (Å²) in [6.07, 6.45) is 4.12. The summed E-state index contributed by atoms with van der Waals surface area (Å²) in [4.78, 5) is 35.1. The zero-order valence-electron chi connectivity index (χ0n) is 16.3. The number of amides is 2. The van der Waals surface area contributed by atoms with Crippen LogP contribution in [0.4, 0.5) is 10.6 Å². The number of hydrogen-bond donors (Lipinski definition) is 4. The summed E-state index contributed by atoms with van der Waals surface area (Å²) >= 11 is 3.48. The Kier molecular flexibility index (Phi) is 5.88. The minimum absolute atomic E-state index is 0.0152. The fourth-order valence-electron chi connectivity index (χ4n) is 2.87. The van der Waals surface area contributed by atoms with Crippen LogP contribution in [0.2, 0.25) is 0 Å². The molecule has 0 aromatic carbocycles. The zero-order chi connectivity index (χ0) is 21.2. The van der Waals surface area contributed by atoms with Crippen LogP contribution in [0.1, 0.15) is 27.2 Å². The van der Waals surface area contributed by atoms with Crippen molar-refractivity contribution in [3.05, 3.63) is 41.3 Å². The van der Waals surface area contributed by atoms with Crippen LogP contribution in [0, 0.1) is 5.41 Å². The minimum atomic E-state index is -1.15. The maximum Gasteiger partial charge on any atom is 0.404 e. The van der Waals surface area contributed by atoms with Crippen molar-refractivity contribution in [1.82, 2.24) is 20.3 Å². The third kappa shape index (κ3) is 5.11. The van der Waals surface area contributed by atoms with Crippen LogP contribution < -0.4 is 10.6 Å². The summed E-state index contributed by atoms with van der Waals surface area (Å²) < 4.78 is 0.932. The van der Waals surface area contributed by atoms with Gasteiger partial charge in [0.1, 0.15) is 11.5 Å². The second-order valence-electron chi connectivity index (χ2n) is 7.81. The smallest absolute Gasteiger partial charge is 0.404 e. The Hall–Kier alpha value is -2.94. The molecule has 0 aliphatic rings. The summed E-state index contributed by atoms with van der Waals surface area (Å²) in [5.41, 5.74) is 2.17. The lowest BCUT2D eigenvalue weighted by Crippen LogP contribution is -2.45. The number of H-pyrrole nitrogens is 1. The van der Waals surface area contributed by atoms with E-state index >= 15 is 0 Å². The van der Waals surface area contributed by atoms with Gasteiger partial charge in [-0.25, -0.2) is 14.8 Å². The van der Waals surface area contributed by atoms with Gasteiger partial charge in [0.25, 0.3) is 0 Å². The number of hydrogen-bond acceptors (Lipinski definition) is 4. The predicted octanol–water partition coefficient (Wildman–Crippen LogP) is 4.40. The number of aromatic amines is 1. The number of nitrogens with one attached hydrogen (secondary N) is 3. The van der Waals surface area contributed by atoms with Gasteiger partial charge in [-0.05, 0) is 39.5 Å². The van der Waals surface area contributed by atoms with Gasteiger partial charge >= 0.3 is 6.09 Å². The lowest BCUT2D eigenvalue weighted by Gasteiger charge is -2.29. The van der Waals surface area contributed by atoms with E-state index in [1.807, 2.05) is 39.1 Å². The third-order valence-electron chi connectivity index (χ3n) is 4.58. The van der Waals surface area contributed by atoms with E-state index in [4.69, 9.17) is 5.11 Å². The highest BCUT2D eigenvalue weighted by atomic mass is 79.9. The van der Waals surface area contributed by atoms with Gasteiger partial charge in [0.15, 0.2) is 0 Å². The van der Waals surface area contributed by atoms with Crippen molar-refractivity contribution < 1.29 is 14.7 Å². The summed E-state index contributed by atoms with van der Waals surface area (Å²) in [5.74, 6) is 0.0943. The molecule has 1 atom stereocenters. The first-order chi connectivity index (χ1) is 13.6.